The first-order valence-electron chi connectivity index (χ1n) is 7.75. The van der Waals surface area contributed by atoms with Crippen LogP contribution in [0.2, 0.25) is 10.0 Å². The summed E-state index contributed by atoms with van der Waals surface area (Å²) in [6.07, 6.45) is 0.342. The van der Waals surface area contributed by atoms with Crippen LogP contribution in [0.1, 0.15) is 5.56 Å². The summed E-state index contributed by atoms with van der Waals surface area (Å²) in [6.45, 7) is 0.477. The Labute approximate surface area is 154 Å². The number of amides is 1. The van der Waals surface area contributed by atoms with E-state index in [-0.39, 0.29) is 18.5 Å². The highest BCUT2D eigenvalue weighted by molar-refractivity contribution is 6.40. The number of nitrogens with zero attached hydrogens (tertiary/aromatic N) is 2. The second-order valence-electron chi connectivity index (χ2n) is 6.08. The van der Waals surface area contributed by atoms with Crippen molar-refractivity contribution in [3.05, 3.63) is 63.6 Å². The highest BCUT2D eigenvalue weighted by Crippen LogP contribution is 2.35. The third-order valence-electron chi connectivity index (χ3n) is 4.38. The number of para-hydroxylation sites is 1. The van der Waals surface area contributed by atoms with E-state index in [1.807, 2.05) is 4.90 Å². The lowest BCUT2D eigenvalue weighted by molar-refractivity contribution is -0.121. The fraction of sp³-hybridized carbons (Fsp3) is 0.278. The van der Waals surface area contributed by atoms with Crippen molar-refractivity contribution in [3.63, 3.8) is 0 Å². The molecule has 1 unspecified atom stereocenters. The largest absolute Gasteiger partial charge is 0.307 e. The van der Waals surface area contributed by atoms with Crippen molar-refractivity contribution in [2.75, 3.05) is 25.0 Å². The normalized spacial score (nSPS) is 18.7. The Morgan fingerprint density at radius 3 is 2.48 bits per heavy atom. The number of hydrogen-bond donors (Lipinski definition) is 0. The van der Waals surface area contributed by atoms with Gasteiger partial charge in [0.1, 0.15) is 11.6 Å². The van der Waals surface area contributed by atoms with Gasteiger partial charge in [-0.15, -0.1) is 0 Å². The number of hydrogen-bond acceptors (Lipinski definition) is 2. The summed E-state index contributed by atoms with van der Waals surface area (Å²) in [5.41, 5.74) is 0.867. The molecule has 1 aliphatic heterocycles. The molecule has 2 aromatic rings. The smallest absolute Gasteiger partial charge is 0.241 e. The van der Waals surface area contributed by atoms with Gasteiger partial charge in [0.25, 0.3) is 0 Å². The van der Waals surface area contributed by atoms with Crippen molar-refractivity contribution in [2.24, 2.45) is 0 Å². The molecule has 0 radical (unpaired) electrons. The molecule has 2 aromatic carbocycles. The number of anilines is 1. The summed E-state index contributed by atoms with van der Waals surface area (Å²) in [4.78, 5) is 15.9. The summed E-state index contributed by atoms with van der Waals surface area (Å²) in [6, 6.07) is 8.43. The molecule has 3 rings (SSSR count). The molecule has 0 spiro atoms. The van der Waals surface area contributed by atoms with Gasteiger partial charge >= 0.3 is 0 Å². The Morgan fingerprint density at radius 2 is 1.84 bits per heavy atom. The van der Waals surface area contributed by atoms with Crippen molar-refractivity contribution in [1.82, 2.24) is 4.90 Å². The van der Waals surface area contributed by atoms with Gasteiger partial charge in [-0.2, -0.15) is 0 Å². The fourth-order valence-corrected chi connectivity index (χ4v) is 3.61. The van der Waals surface area contributed by atoms with Crippen LogP contribution in [0.3, 0.4) is 0 Å². The van der Waals surface area contributed by atoms with Crippen molar-refractivity contribution >= 4 is 34.8 Å². The Bertz CT molecular complexity index is 795. The maximum Gasteiger partial charge on any atom is 0.241 e. The third-order valence-corrected chi connectivity index (χ3v) is 4.99. The molecule has 3 nitrogen and oxygen atoms in total. The zero-order valence-electron chi connectivity index (χ0n) is 13.5. The molecule has 1 saturated heterocycles. The monoisotopic (exact) mass is 384 g/mol. The minimum atomic E-state index is -0.613. The van der Waals surface area contributed by atoms with E-state index in [4.69, 9.17) is 23.2 Å². The predicted octanol–water partition coefficient (Wildman–Crippen LogP) is 4.16. The van der Waals surface area contributed by atoms with Crippen LogP contribution in [-0.2, 0) is 11.2 Å². The van der Waals surface area contributed by atoms with Gasteiger partial charge in [-0.3, -0.25) is 9.69 Å². The highest BCUT2D eigenvalue weighted by Gasteiger charge is 2.33. The molecule has 1 atom stereocenters. The van der Waals surface area contributed by atoms with Crippen molar-refractivity contribution in [3.8, 4) is 0 Å². The first-order chi connectivity index (χ1) is 11.9. The van der Waals surface area contributed by atoms with E-state index in [0.29, 0.717) is 34.3 Å². The van der Waals surface area contributed by atoms with E-state index in [1.54, 1.807) is 25.2 Å². The van der Waals surface area contributed by atoms with Crippen molar-refractivity contribution < 1.29 is 13.6 Å². The minimum absolute atomic E-state index is 0.131. The fourth-order valence-electron chi connectivity index (χ4n) is 3.00. The zero-order valence-corrected chi connectivity index (χ0v) is 15.0. The molecule has 0 saturated carbocycles. The van der Waals surface area contributed by atoms with Crippen molar-refractivity contribution in [2.45, 2.75) is 12.5 Å². The van der Waals surface area contributed by atoms with E-state index >= 15 is 0 Å². The summed E-state index contributed by atoms with van der Waals surface area (Å²) >= 11 is 12.4. The van der Waals surface area contributed by atoms with Gasteiger partial charge in [-0.1, -0.05) is 35.3 Å². The molecule has 1 amide bonds. The van der Waals surface area contributed by atoms with Crippen LogP contribution >= 0.6 is 23.2 Å². The number of likely N-dealkylation sites (N-methyl/N-ethyl adjacent to an activating group) is 1. The quantitative estimate of drug-likeness (QED) is 0.792. The van der Waals surface area contributed by atoms with Gasteiger partial charge in [0, 0.05) is 18.7 Å². The molecule has 7 heteroatoms. The lowest BCUT2D eigenvalue weighted by Crippen LogP contribution is -2.55. The van der Waals surface area contributed by atoms with Crippen LogP contribution in [0.4, 0.5) is 14.5 Å². The van der Waals surface area contributed by atoms with E-state index in [0.717, 1.165) is 6.07 Å². The number of carbonyl (C=O) groups is 1. The molecule has 0 N–H and O–H groups in total. The number of halogens is 4. The number of carbonyl (C=O) groups excluding carboxylic acids is 1. The molecule has 0 aliphatic carbocycles. The lowest BCUT2D eigenvalue weighted by atomic mass is 10.0. The summed E-state index contributed by atoms with van der Waals surface area (Å²) in [7, 11) is 1.80. The molecule has 1 heterocycles. The molecule has 132 valence electrons. The SMILES string of the molecule is CN1CC(=O)N(c2c(Cl)cccc2Cl)CC1Cc1ccc(F)cc1F. The molecular formula is C18H16Cl2F2N2O. The van der Waals surface area contributed by atoms with E-state index in [2.05, 4.69) is 0 Å². The minimum Gasteiger partial charge on any atom is -0.307 e. The second kappa shape index (κ2) is 7.28. The first kappa shape index (κ1) is 18.1. The maximum absolute atomic E-state index is 14.0. The molecule has 0 bridgehead atoms. The Balaban J connectivity index is 1.87. The average molecular weight is 385 g/mol. The second-order valence-corrected chi connectivity index (χ2v) is 6.90. The Morgan fingerprint density at radius 1 is 1.16 bits per heavy atom. The summed E-state index contributed by atoms with van der Waals surface area (Å²) in [5, 5.41) is 0.772. The molecule has 0 aromatic heterocycles. The maximum atomic E-state index is 14.0. The summed E-state index contributed by atoms with van der Waals surface area (Å²) < 4.78 is 27.1. The Kier molecular flexibility index (Phi) is 5.27. The van der Waals surface area contributed by atoms with Crippen LogP contribution < -0.4 is 4.90 Å². The first-order valence-corrected chi connectivity index (χ1v) is 8.51. The van der Waals surface area contributed by atoms with Gasteiger partial charge in [-0.05, 0) is 37.2 Å². The average Bonchev–Trinajstić information content (AvgIpc) is 2.53. The predicted molar refractivity (Wildman–Crippen MR) is 95.3 cm³/mol. The topological polar surface area (TPSA) is 23.6 Å². The molecular weight excluding hydrogens is 369 g/mol. The molecule has 25 heavy (non-hydrogen) atoms. The van der Waals surface area contributed by atoms with Gasteiger partial charge in [0.05, 0.1) is 22.3 Å². The van der Waals surface area contributed by atoms with E-state index in [1.165, 1.54) is 17.0 Å². The third kappa shape index (κ3) is 3.78. The van der Waals surface area contributed by atoms with Crippen LogP contribution in [0.5, 0.6) is 0 Å². The number of benzene rings is 2. The Hall–Kier alpha value is -1.69. The van der Waals surface area contributed by atoms with Crippen LogP contribution in [0.25, 0.3) is 0 Å². The van der Waals surface area contributed by atoms with E-state index in [9.17, 15) is 13.6 Å². The van der Waals surface area contributed by atoms with Crippen LogP contribution in [0, 0.1) is 11.6 Å². The van der Waals surface area contributed by atoms with Gasteiger partial charge in [0.2, 0.25) is 5.91 Å². The zero-order chi connectivity index (χ0) is 18.1. The lowest BCUT2D eigenvalue weighted by Gasteiger charge is -2.39. The number of piperazine rings is 1. The molecule has 1 fully saturated rings. The summed E-state index contributed by atoms with van der Waals surface area (Å²) in [5.74, 6) is -1.33. The number of rotatable bonds is 3. The van der Waals surface area contributed by atoms with Crippen molar-refractivity contribution in [1.29, 1.82) is 0 Å². The standard InChI is InChI=1S/C18H16Cl2F2N2O/c1-23-10-17(25)24(18-14(19)3-2-4-15(18)20)9-13(23)7-11-5-6-12(21)8-16(11)22/h2-6,8,13H,7,9-10H2,1H3. The van der Waals surface area contributed by atoms with Gasteiger partial charge < -0.3 is 4.90 Å². The van der Waals surface area contributed by atoms with Crippen LogP contribution in [-0.4, -0.2) is 37.0 Å². The van der Waals surface area contributed by atoms with Gasteiger partial charge in [-0.25, -0.2) is 8.78 Å². The van der Waals surface area contributed by atoms with E-state index < -0.39 is 11.6 Å². The molecule has 1 aliphatic rings. The van der Waals surface area contributed by atoms with Gasteiger partial charge in [0.15, 0.2) is 0 Å². The van der Waals surface area contributed by atoms with Crippen LogP contribution in [0.15, 0.2) is 36.4 Å². The highest BCUT2D eigenvalue weighted by atomic mass is 35.5.